The molecule has 2 aliphatic heterocycles. The monoisotopic (exact) mass is 448 g/mol. The predicted molar refractivity (Wildman–Crippen MR) is 118 cm³/mol. The third-order valence-corrected chi connectivity index (χ3v) is 8.10. The number of carbonyl (C=O) groups is 1. The fourth-order valence-electron chi connectivity index (χ4n) is 4.44. The van der Waals surface area contributed by atoms with Gasteiger partial charge in [-0.05, 0) is 42.7 Å². The van der Waals surface area contributed by atoms with E-state index in [1.54, 1.807) is 18.1 Å². The van der Waals surface area contributed by atoms with Crippen LogP contribution in [0, 0.1) is 6.92 Å². The van der Waals surface area contributed by atoms with Gasteiger partial charge in [-0.15, -0.1) is 0 Å². The maximum Gasteiger partial charge on any atom is 0.241 e. The van der Waals surface area contributed by atoms with Crippen molar-refractivity contribution in [3.05, 3.63) is 58.6 Å². The van der Waals surface area contributed by atoms with Gasteiger partial charge in [0.25, 0.3) is 0 Å². The highest BCUT2D eigenvalue weighted by Crippen LogP contribution is 2.33. The summed E-state index contributed by atoms with van der Waals surface area (Å²) in [6.45, 7) is 2.66. The number of anilines is 1. The summed E-state index contributed by atoms with van der Waals surface area (Å²) in [5.74, 6) is 0.730. The van der Waals surface area contributed by atoms with Crippen molar-refractivity contribution in [2.45, 2.75) is 25.4 Å². The number of rotatable bonds is 5. The zero-order chi connectivity index (χ0) is 21.5. The van der Waals surface area contributed by atoms with Crippen molar-refractivity contribution in [3.63, 3.8) is 0 Å². The molecule has 160 valence electrons. The zero-order valence-corrected chi connectivity index (χ0v) is 18.6. The first-order valence-electron chi connectivity index (χ1n) is 9.93. The van der Waals surface area contributed by atoms with Crippen molar-refractivity contribution >= 4 is 33.0 Å². The fourth-order valence-corrected chi connectivity index (χ4v) is 6.60. The van der Waals surface area contributed by atoms with E-state index in [9.17, 15) is 13.2 Å². The Balaban J connectivity index is 1.60. The van der Waals surface area contributed by atoms with Gasteiger partial charge in [-0.25, -0.2) is 8.42 Å². The number of fused-ring (bicyclic) bond motifs is 1. The smallest absolute Gasteiger partial charge is 0.241 e. The van der Waals surface area contributed by atoms with E-state index in [0.29, 0.717) is 23.7 Å². The zero-order valence-electron chi connectivity index (χ0n) is 17.0. The Morgan fingerprint density at radius 2 is 1.87 bits per heavy atom. The van der Waals surface area contributed by atoms with E-state index in [4.69, 9.17) is 16.3 Å². The number of hydrogen-bond acceptors (Lipinski definition) is 5. The van der Waals surface area contributed by atoms with Crippen LogP contribution in [-0.4, -0.2) is 63.0 Å². The standard InChI is InChI=1S/C22H25ClN2O4S/c1-15-7-8-17(11-18(15)23)25-20-14-30(27,28)13-19(20)24(12-22(25)26)10-9-16-5-3-4-6-21(16)29-2/h3-8,11,19-20H,9-10,12-14H2,1-2H3. The number of halogens is 1. The van der Waals surface area contributed by atoms with Crippen LogP contribution in [0.5, 0.6) is 5.75 Å². The Hall–Kier alpha value is -2.09. The molecular weight excluding hydrogens is 424 g/mol. The van der Waals surface area contributed by atoms with Crippen molar-refractivity contribution in [1.82, 2.24) is 4.90 Å². The minimum atomic E-state index is -3.23. The van der Waals surface area contributed by atoms with Crippen LogP contribution in [0.25, 0.3) is 0 Å². The normalized spacial score (nSPS) is 23.4. The summed E-state index contributed by atoms with van der Waals surface area (Å²) >= 11 is 6.28. The minimum Gasteiger partial charge on any atom is -0.496 e. The largest absolute Gasteiger partial charge is 0.496 e. The first-order valence-corrected chi connectivity index (χ1v) is 12.1. The molecule has 0 aliphatic carbocycles. The summed E-state index contributed by atoms with van der Waals surface area (Å²) in [7, 11) is -1.60. The van der Waals surface area contributed by atoms with Gasteiger partial charge in [-0.3, -0.25) is 9.69 Å². The molecule has 4 rings (SSSR count). The van der Waals surface area contributed by atoms with Crippen LogP contribution in [0.3, 0.4) is 0 Å². The van der Waals surface area contributed by atoms with Crippen LogP contribution in [0.1, 0.15) is 11.1 Å². The van der Waals surface area contributed by atoms with Crippen molar-refractivity contribution in [2.75, 3.05) is 36.6 Å². The van der Waals surface area contributed by atoms with Gasteiger partial charge in [0.1, 0.15) is 5.75 Å². The number of aryl methyl sites for hydroxylation is 1. The van der Waals surface area contributed by atoms with E-state index < -0.39 is 15.9 Å². The molecule has 0 spiro atoms. The highest BCUT2D eigenvalue weighted by molar-refractivity contribution is 7.91. The number of hydrogen-bond donors (Lipinski definition) is 0. The number of sulfone groups is 1. The van der Waals surface area contributed by atoms with Crippen LogP contribution in [-0.2, 0) is 21.1 Å². The molecule has 30 heavy (non-hydrogen) atoms. The Kier molecular flexibility index (Phi) is 5.79. The molecule has 0 N–H and O–H groups in total. The molecule has 8 heteroatoms. The van der Waals surface area contributed by atoms with E-state index in [0.717, 1.165) is 16.9 Å². The molecular formula is C22H25ClN2O4S. The lowest BCUT2D eigenvalue weighted by Crippen LogP contribution is -2.62. The Morgan fingerprint density at radius 1 is 1.13 bits per heavy atom. The van der Waals surface area contributed by atoms with E-state index in [1.165, 1.54) is 0 Å². The second kappa shape index (κ2) is 8.21. The van der Waals surface area contributed by atoms with E-state index in [-0.39, 0.29) is 30.0 Å². The number of ether oxygens (including phenoxy) is 1. The van der Waals surface area contributed by atoms with Crippen molar-refractivity contribution < 1.29 is 17.9 Å². The Labute approximate surface area is 182 Å². The van der Waals surface area contributed by atoms with Gasteiger partial charge in [0.2, 0.25) is 5.91 Å². The van der Waals surface area contributed by atoms with Crippen LogP contribution < -0.4 is 9.64 Å². The number of para-hydroxylation sites is 1. The molecule has 2 fully saturated rings. The number of amides is 1. The van der Waals surface area contributed by atoms with Gasteiger partial charge < -0.3 is 9.64 Å². The molecule has 0 radical (unpaired) electrons. The van der Waals surface area contributed by atoms with Gasteiger partial charge in [-0.1, -0.05) is 35.9 Å². The Bertz CT molecular complexity index is 1070. The maximum atomic E-state index is 13.1. The number of methoxy groups -OCH3 is 1. The summed E-state index contributed by atoms with van der Waals surface area (Å²) in [6.07, 6.45) is 0.678. The average Bonchev–Trinajstić information content (AvgIpc) is 3.03. The van der Waals surface area contributed by atoms with E-state index in [2.05, 4.69) is 0 Å². The topological polar surface area (TPSA) is 66.9 Å². The molecule has 0 aromatic heterocycles. The first kappa shape index (κ1) is 21.2. The van der Waals surface area contributed by atoms with Gasteiger partial charge in [-0.2, -0.15) is 0 Å². The number of benzene rings is 2. The molecule has 2 aliphatic rings. The molecule has 2 saturated heterocycles. The number of nitrogens with zero attached hydrogens (tertiary/aromatic N) is 2. The second-order valence-electron chi connectivity index (χ2n) is 7.94. The van der Waals surface area contributed by atoms with Crippen molar-refractivity contribution in [2.24, 2.45) is 0 Å². The highest BCUT2D eigenvalue weighted by atomic mass is 35.5. The molecule has 2 atom stereocenters. The molecule has 0 bridgehead atoms. The molecule has 1 amide bonds. The SMILES string of the molecule is COc1ccccc1CCN1CC(=O)N(c2ccc(C)c(Cl)c2)C2CS(=O)(=O)CC21. The summed E-state index contributed by atoms with van der Waals surface area (Å²) in [6, 6.07) is 12.6. The van der Waals surface area contributed by atoms with Gasteiger partial charge in [0.05, 0.1) is 31.2 Å². The van der Waals surface area contributed by atoms with Crippen LogP contribution in [0.15, 0.2) is 42.5 Å². The average molecular weight is 449 g/mol. The summed E-state index contributed by atoms with van der Waals surface area (Å²) in [4.78, 5) is 16.8. The summed E-state index contributed by atoms with van der Waals surface area (Å²) < 4.78 is 30.4. The highest BCUT2D eigenvalue weighted by Gasteiger charge is 2.49. The van der Waals surface area contributed by atoms with Crippen molar-refractivity contribution in [1.29, 1.82) is 0 Å². The maximum absolute atomic E-state index is 13.1. The second-order valence-corrected chi connectivity index (χ2v) is 10.5. The third kappa shape index (κ3) is 4.06. The lowest BCUT2D eigenvalue weighted by Gasteiger charge is -2.43. The van der Waals surface area contributed by atoms with Gasteiger partial charge in [0, 0.05) is 23.3 Å². The Morgan fingerprint density at radius 3 is 2.60 bits per heavy atom. The van der Waals surface area contributed by atoms with E-state index >= 15 is 0 Å². The molecule has 6 nitrogen and oxygen atoms in total. The summed E-state index contributed by atoms with van der Waals surface area (Å²) in [5, 5.41) is 0.566. The molecule has 2 heterocycles. The van der Waals surface area contributed by atoms with E-state index in [1.807, 2.05) is 48.2 Å². The van der Waals surface area contributed by atoms with Crippen LogP contribution in [0.4, 0.5) is 5.69 Å². The van der Waals surface area contributed by atoms with Crippen LogP contribution >= 0.6 is 11.6 Å². The van der Waals surface area contributed by atoms with Crippen molar-refractivity contribution in [3.8, 4) is 5.75 Å². The summed E-state index contributed by atoms with van der Waals surface area (Å²) in [5.41, 5.74) is 2.61. The predicted octanol–water partition coefficient (Wildman–Crippen LogP) is 2.71. The molecule has 2 unspecified atom stereocenters. The third-order valence-electron chi connectivity index (χ3n) is 6.00. The van der Waals surface area contributed by atoms with Crippen LogP contribution in [0.2, 0.25) is 5.02 Å². The van der Waals surface area contributed by atoms with Gasteiger partial charge >= 0.3 is 0 Å². The lowest BCUT2D eigenvalue weighted by molar-refractivity contribution is -0.123. The molecule has 2 aromatic rings. The lowest BCUT2D eigenvalue weighted by atomic mass is 10.0. The molecule has 2 aromatic carbocycles. The quantitative estimate of drug-likeness (QED) is 0.703. The fraction of sp³-hybridized carbons (Fsp3) is 0.409. The first-order chi connectivity index (χ1) is 14.3. The molecule has 0 saturated carbocycles. The minimum absolute atomic E-state index is 0.0277. The number of carbonyl (C=O) groups excluding carboxylic acids is 1. The van der Waals surface area contributed by atoms with Gasteiger partial charge in [0.15, 0.2) is 9.84 Å². The number of piperazine rings is 1.